The molecule has 1 heterocycles. The van der Waals surface area contributed by atoms with Crippen LogP contribution in [0.25, 0.3) is 0 Å². The van der Waals surface area contributed by atoms with Crippen molar-refractivity contribution in [3.05, 3.63) is 47.9 Å². The van der Waals surface area contributed by atoms with Gasteiger partial charge in [0.1, 0.15) is 12.4 Å². The molecule has 7 nitrogen and oxygen atoms in total. The Labute approximate surface area is 132 Å². The normalized spacial score (nSPS) is 11.6. The number of nitrogens with one attached hydrogen (secondary N) is 1. The molecule has 0 aliphatic heterocycles. The zero-order valence-corrected chi connectivity index (χ0v) is 12.7. The van der Waals surface area contributed by atoms with Gasteiger partial charge < -0.3 is 24.3 Å². The van der Waals surface area contributed by atoms with Crippen LogP contribution in [-0.4, -0.2) is 36.7 Å². The fraction of sp³-hybridized carbons (Fsp3) is 0.250. The lowest BCUT2D eigenvalue weighted by Crippen LogP contribution is -2.33. The number of methoxy groups -OCH3 is 1. The molecule has 2 rings (SSSR count). The highest BCUT2D eigenvalue weighted by Gasteiger charge is 2.16. The van der Waals surface area contributed by atoms with E-state index in [-0.39, 0.29) is 24.0 Å². The molecular weight excluding hydrogens is 302 g/mol. The molecule has 1 aromatic carbocycles. The second kappa shape index (κ2) is 7.35. The van der Waals surface area contributed by atoms with Crippen molar-refractivity contribution in [2.45, 2.75) is 13.0 Å². The highest BCUT2D eigenvalue weighted by atomic mass is 16.5. The summed E-state index contributed by atoms with van der Waals surface area (Å²) in [6.07, 6.45) is 0.704. The van der Waals surface area contributed by atoms with E-state index in [0.29, 0.717) is 11.5 Å². The van der Waals surface area contributed by atoms with E-state index >= 15 is 0 Å². The maximum atomic E-state index is 11.9. The number of furan rings is 1. The maximum Gasteiger partial charge on any atom is 0.338 e. The number of rotatable bonds is 7. The van der Waals surface area contributed by atoms with Crippen molar-refractivity contribution < 1.29 is 28.6 Å². The van der Waals surface area contributed by atoms with E-state index in [1.54, 1.807) is 26.2 Å². The topological polar surface area (TPSA) is 98.0 Å². The molecule has 0 saturated heterocycles. The van der Waals surface area contributed by atoms with Crippen LogP contribution in [-0.2, 0) is 0 Å². The van der Waals surface area contributed by atoms with Gasteiger partial charge in [-0.05, 0) is 19.1 Å². The molecule has 0 aliphatic carbocycles. The predicted molar refractivity (Wildman–Crippen MR) is 81.1 cm³/mol. The van der Waals surface area contributed by atoms with Gasteiger partial charge >= 0.3 is 5.97 Å². The summed E-state index contributed by atoms with van der Waals surface area (Å²) in [6.45, 7) is 2.01. The molecular formula is C16H17NO6. The van der Waals surface area contributed by atoms with Crippen LogP contribution in [0.1, 0.15) is 27.8 Å². The van der Waals surface area contributed by atoms with Gasteiger partial charge in [-0.1, -0.05) is 12.1 Å². The first-order chi connectivity index (χ1) is 11.0. The standard InChI is InChI=1S/C16H17NO6/c1-10(23-13-6-4-3-5-12(13)21-2)8-17-15(18)14-7-11(9-22-14)16(19)20/h3-7,9-10H,8H2,1-2H3,(H,17,18)(H,19,20). The van der Waals surface area contributed by atoms with E-state index in [2.05, 4.69) is 5.32 Å². The van der Waals surface area contributed by atoms with Crippen LogP contribution in [0.2, 0.25) is 0 Å². The van der Waals surface area contributed by atoms with Crippen molar-refractivity contribution in [1.29, 1.82) is 0 Å². The Hall–Kier alpha value is -2.96. The number of hydrogen-bond donors (Lipinski definition) is 2. The van der Waals surface area contributed by atoms with Crippen LogP contribution in [0.5, 0.6) is 11.5 Å². The molecule has 0 saturated carbocycles. The van der Waals surface area contributed by atoms with Gasteiger partial charge in [-0.15, -0.1) is 0 Å². The predicted octanol–water partition coefficient (Wildman–Crippen LogP) is 2.18. The van der Waals surface area contributed by atoms with E-state index in [4.69, 9.17) is 19.0 Å². The number of amides is 1. The van der Waals surface area contributed by atoms with E-state index in [0.717, 1.165) is 6.26 Å². The number of carbonyl (C=O) groups is 2. The number of hydrogen-bond acceptors (Lipinski definition) is 5. The Morgan fingerprint density at radius 2 is 2.00 bits per heavy atom. The number of para-hydroxylation sites is 2. The number of benzene rings is 1. The summed E-state index contributed by atoms with van der Waals surface area (Å²) in [5, 5.41) is 11.4. The summed E-state index contributed by atoms with van der Waals surface area (Å²) in [5.74, 6) is -0.550. The first-order valence-electron chi connectivity index (χ1n) is 6.91. The third-order valence-electron chi connectivity index (χ3n) is 3.02. The minimum absolute atomic E-state index is 0.0631. The molecule has 0 radical (unpaired) electrons. The smallest absolute Gasteiger partial charge is 0.338 e. The summed E-state index contributed by atoms with van der Waals surface area (Å²) in [6, 6.07) is 8.36. The third kappa shape index (κ3) is 4.26. The molecule has 1 unspecified atom stereocenters. The lowest BCUT2D eigenvalue weighted by atomic mass is 10.3. The maximum absolute atomic E-state index is 11.9. The van der Waals surface area contributed by atoms with Gasteiger partial charge in [0.05, 0.1) is 19.2 Å². The van der Waals surface area contributed by atoms with Crippen LogP contribution >= 0.6 is 0 Å². The van der Waals surface area contributed by atoms with E-state index in [1.165, 1.54) is 6.07 Å². The molecule has 1 amide bonds. The Kier molecular flexibility index (Phi) is 5.24. The van der Waals surface area contributed by atoms with Gasteiger partial charge in [-0.3, -0.25) is 4.79 Å². The van der Waals surface area contributed by atoms with Gasteiger partial charge in [-0.2, -0.15) is 0 Å². The fourth-order valence-electron chi connectivity index (χ4n) is 1.87. The van der Waals surface area contributed by atoms with Crippen molar-refractivity contribution in [3.8, 4) is 11.5 Å². The molecule has 1 aromatic heterocycles. The van der Waals surface area contributed by atoms with Gasteiger partial charge in [0.2, 0.25) is 0 Å². The third-order valence-corrected chi connectivity index (χ3v) is 3.02. The Morgan fingerprint density at radius 3 is 2.61 bits per heavy atom. The van der Waals surface area contributed by atoms with Crippen molar-refractivity contribution in [1.82, 2.24) is 5.32 Å². The van der Waals surface area contributed by atoms with Crippen molar-refractivity contribution in [2.75, 3.05) is 13.7 Å². The van der Waals surface area contributed by atoms with Crippen molar-refractivity contribution in [3.63, 3.8) is 0 Å². The van der Waals surface area contributed by atoms with Gasteiger partial charge in [0.25, 0.3) is 5.91 Å². The Bertz CT molecular complexity index is 693. The number of carboxylic acid groups (broad SMARTS) is 1. The minimum atomic E-state index is -1.15. The highest BCUT2D eigenvalue weighted by Crippen LogP contribution is 2.26. The van der Waals surface area contributed by atoms with Crippen LogP contribution < -0.4 is 14.8 Å². The van der Waals surface area contributed by atoms with Crippen LogP contribution in [0.15, 0.2) is 41.0 Å². The monoisotopic (exact) mass is 319 g/mol. The SMILES string of the molecule is COc1ccccc1OC(C)CNC(=O)c1cc(C(=O)O)co1. The fourth-order valence-corrected chi connectivity index (χ4v) is 1.87. The van der Waals surface area contributed by atoms with E-state index in [1.807, 2.05) is 12.1 Å². The molecule has 0 spiro atoms. The van der Waals surface area contributed by atoms with E-state index < -0.39 is 11.9 Å². The quantitative estimate of drug-likeness (QED) is 0.812. The number of aromatic carboxylic acids is 1. The molecule has 0 fully saturated rings. The lowest BCUT2D eigenvalue weighted by Gasteiger charge is -2.17. The summed E-state index contributed by atoms with van der Waals surface area (Å²) in [5.41, 5.74) is -0.0755. The van der Waals surface area contributed by atoms with Crippen molar-refractivity contribution in [2.24, 2.45) is 0 Å². The molecule has 7 heteroatoms. The first-order valence-corrected chi connectivity index (χ1v) is 6.91. The van der Waals surface area contributed by atoms with Gasteiger partial charge in [0.15, 0.2) is 17.3 Å². The second-order valence-electron chi connectivity index (χ2n) is 4.79. The number of carboxylic acids is 1. The molecule has 122 valence electrons. The zero-order valence-electron chi connectivity index (χ0n) is 12.7. The summed E-state index contributed by atoms with van der Waals surface area (Å²) in [4.78, 5) is 22.6. The average molecular weight is 319 g/mol. The van der Waals surface area contributed by atoms with Crippen LogP contribution in [0.3, 0.4) is 0 Å². The summed E-state index contributed by atoms with van der Waals surface area (Å²) in [7, 11) is 1.55. The van der Waals surface area contributed by atoms with Gasteiger partial charge in [0, 0.05) is 6.07 Å². The second-order valence-corrected chi connectivity index (χ2v) is 4.79. The lowest BCUT2D eigenvalue weighted by molar-refractivity contribution is 0.0696. The molecule has 1 atom stereocenters. The van der Waals surface area contributed by atoms with Crippen LogP contribution in [0, 0.1) is 0 Å². The molecule has 2 N–H and O–H groups in total. The molecule has 2 aromatic rings. The molecule has 0 bridgehead atoms. The Morgan fingerprint density at radius 1 is 1.30 bits per heavy atom. The minimum Gasteiger partial charge on any atom is -0.493 e. The number of carbonyl (C=O) groups excluding carboxylic acids is 1. The number of ether oxygens (including phenoxy) is 2. The highest BCUT2D eigenvalue weighted by molar-refractivity contribution is 5.95. The Balaban J connectivity index is 1.89. The molecule has 0 aliphatic rings. The largest absolute Gasteiger partial charge is 0.493 e. The van der Waals surface area contributed by atoms with Crippen LogP contribution in [0.4, 0.5) is 0 Å². The molecule has 23 heavy (non-hydrogen) atoms. The van der Waals surface area contributed by atoms with E-state index in [9.17, 15) is 9.59 Å². The first kappa shape index (κ1) is 16.4. The zero-order chi connectivity index (χ0) is 16.8. The summed E-state index contributed by atoms with van der Waals surface area (Å²) >= 11 is 0. The average Bonchev–Trinajstić information content (AvgIpc) is 3.03. The van der Waals surface area contributed by atoms with Gasteiger partial charge in [-0.25, -0.2) is 4.79 Å². The van der Waals surface area contributed by atoms with Crippen molar-refractivity contribution >= 4 is 11.9 Å². The summed E-state index contributed by atoms with van der Waals surface area (Å²) < 4.78 is 15.8.